The lowest BCUT2D eigenvalue weighted by Crippen LogP contribution is -2.27. The Bertz CT molecular complexity index is 870. The third-order valence-electron chi connectivity index (χ3n) is 3.53. The molecule has 2 aromatic carbocycles. The summed E-state index contributed by atoms with van der Waals surface area (Å²) in [5.41, 5.74) is 1.38. The first kappa shape index (κ1) is 19.6. The van der Waals surface area contributed by atoms with E-state index in [1.54, 1.807) is 38.1 Å². The van der Waals surface area contributed by atoms with E-state index in [1.165, 1.54) is 6.07 Å². The van der Waals surface area contributed by atoms with Crippen molar-refractivity contribution in [2.45, 2.75) is 31.2 Å². The number of rotatable bonds is 6. The van der Waals surface area contributed by atoms with E-state index in [9.17, 15) is 17.6 Å². The minimum atomic E-state index is -3.82. The van der Waals surface area contributed by atoms with Gasteiger partial charge in [-0.25, -0.2) is 17.5 Å². The Kier molecular flexibility index (Phi) is 6.31. The number of benzene rings is 2. The first-order chi connectivity index (χ1) is 11.7. The van der Waals surface area contributed by atoms with Crippen LogP contribution in [0.25, 0.3) is 0 Å². The second kappa shape index (κ2) is 8.07. The van der Waals surface area contributed by atoms with E-state index in [2.05, 4.69) is 26.0 Å². The van der Waals surface area contributed by atoms with Crippen molar-refractivity contribution < 1.29 is 17.6 Å². The van der Waals surface area contributed by atoms with Crippen molar-refractivity contribution >= 4 is 37.5 Å². The Labute approximate surface area is 154 Å². The van der Waals surface area contributed by atoms with Crippen molar-refractivity contribution in [3.63, 3.8) is 0 Å². The van der Waals surface area contributed by atoms with Crippen molar-refractivity contribution in [1.29, 1.82) is 0 Å². The second-order valence-corrected chi connectivity index (χ2v) is 7.98. The molecule has 2 N–H and O–H groups in total. The van der Waals surface area contributed by atoms with Gasteiger partial charge in [0.05, 0.1) is 4.90 Å². The number of hydrogen-bond acceptors (Lipinski definition) is 3. The standard InChI is InChI=1S/C17H18BrFN2O3S/c1-3-17(22)20-14-7-4-12(5-8-14)11(2)21-25(23,24)16-9-6-13(19)10-15(16)18/h4-11,21H,3H2,1-2H3,(H,20,22). The highest BCUT2D eigenvalue weighted by Crippen LogP contribution is 2.25. The Hall–Kier alpha value is -1.77. The van der Waals surface area contributed by atoms with Crippen LogP contribution in [-0.4, -0.2) is 14.3 Å². The second-order valence-electron chi connectivity index (χ2n) is 5.44. The van der Waals surface area contributed by atoms with Gasteiger partial charge in [0, 0.05) is 22.6 Å². The number of nitrogens with one attached hydrogen (secondary N) is 2. The highest BCUT2D eigenvalue weighted by molar-refractivity contribution is 9.10. The average Bonchev–Trinajstić information content (AvgIpc) is 2.54. The number of amides is 1. The number of halogens is 2. The molecule has 0 aliphatic rings. The van der Waals surface area contributed by atoms with Crippen molar-refractivity contribution in [1.82, 2.24) is 4.72 Å². The van der Waals surface area contributed by atoms with E-state index in [1.807, 2.05) is 0 Å². The fraction of sp³-hybridized carbons (Fsp3) is 0.235. The predicted octanol–water partition coefficient (Wildman–Crippen LogP) is 3.98. The first-order valence-corrected chi connectivity index (χ1v) is 9.87. The SMILES string of the molecule is CCC(=O)Nc1ccc(C(C)NS(=O)(=O)c2ccc(F)cc2Br)cc1. The summed E-state index contributed by atoms with van der Waals surface area (Å²) >= 11 is 3.07. The predicted molar refractivity (Wildman–Crippen MR) is 98.2 cm³/mol. The summed E-state index contributed by atoms with van der Waals surface area (Å²) in [6.45, 7) is 3.46. The summed E-state index contributed by atoms with van der Waals surface area (Å²) in [4.78, 5) is 11.3. The molecule has 0 bridgehead atoms. The van der Waals surface area contributed by atoms with Gasteiger partial charge in [-0.1, -0.05) is 19.1 Å². The maximum absolute atomic E-state index is 13.1. The largest absolute Gasteiger partial charge is 0.326 e. The molecule has 25 heavy (non-hydrogen) atoms. The van der Waals surface area contributed by atoms with Gasteiger partial charge in [0.1, 0.15) is 5.82 Å². The zero-order valence-corrected chi connectivity index (χ0v) is 16.1. The molecule has 0 aliphatic carbocycles. The van der Waals surface area contributed by atoms with Gasteiger partial charge in [-0.05, 0) is 58.7 Å². The van der Waals surface area contributed by atoms with Crippen LogP contribution in [0.15, 0.2) is 51.8 Å². The van der Waals surface area contributed by atoms with Gasteiger partial charge >= 0.3 is 0 Å². The molecule has 8 heteroatoms. The minimum Gasteiger partial charge on any atom is -0.326 e. The van der Waals surface area contributed by atoms with Gasteiger partial charge in [-0.3, -0.25) is 4.79 Å². The molecule has 1 unspecified atom stereocenters. The van der Waals surface area contributed by atoms with E-state index in [0.717, 1.165) is 17.7 Å². The Balaban J connectivity index is 2.15. The van der Waals surface area contributed by atoms with Crippen molar-refractivity contribution in [3.05, 3.63) is 58.3 Å². The Morgan fingerprint density at radius 3 is 2.40 bits per heavy atom. The van der Waals surface area contributed by atoms with Gasteiger partial charge < -0.3 is 5.32 Å². The topological polar surface area (TPSA) is 75.3 Å². The van der Waals surface area contributed by atoms with Gasteiger partial charge in [0.25, 0.3) is 0 Å². The van der Waals surface area contributed by atoms with Crippen LogP contribution in [0.3, 0.4) is 0 Å². The molecule has 0 spiro atoms. The number of anilines is 1. The molecule has 0 heterocycles. The maximum Gasteiger partial charge on any atom is 0.242 e. The highest BCUT2D eigenvalue weighted by atomic mass is 79.9. The molecular formula is C17H18BrFN2O3S. The third-order valence-corrected chi connectivity index (χ3v) is 6.05. The van der Waals surface area contributed by atoms with Crippen molar-refractivity contribution in [2.75, 3.05) is 5.32 Å². The lowest BCUT2D eigenvalue weighted by molar-refractivity contribution is -0.115. The zero-order chi connectivity index (χ0) is 18.6. The van der Waals surface area contributed by atoms with E-state index in [0.29, 0.717) is 12.1 Å². The van der Waals surface area contributed by atoms with Gasteiger partial charge in [0.15, 0.2) is 0 Å². The molecule has 5 nitrogen and oxygen atoms in total. The van der Waals surface area contributed by atoms with Crippen LogP contribution in [0.4, 0.5) is 10.1 Å². The molecule has 0 aromatic heterocycles. The lowest BCUT2D eigenvalue weighted by Gasteiger charge is -2.16. The molecule has 0 saturated heterocycles. The number of carbonyl (C=O) groups is 1. The van der Waals surface area contributed by atoms with Crippen LogP contribution in [-0.2, 0) is 14.8 Å². The number of hydrogen-bond donors (Lipinski definition) is 2. The van der Waals surface area contributed by atoms with Crippen molar-refractivity contribution in [3.8, 4) is 0 Å². The zero-order valence-electron chi connectivity index (χ0n) is 13.7. The fourth-order valence-corrected chi connectivity index (χ4v) is 4.44. The van der Waals surface area contributed by atoms with Gasteiger partial charge in [-0.2, -0.15) is 0 Å². The van der Waals surface area contributed by atoms with Crippen LogP contribution < -0.4 is 10.0 Å². The molecule has 1 atom stereocenters. The van der Waals surface area contributed by atoms with E-state index < -0.39 is 21.9 Å². The summed E-state index contributed by atoms with van der Waals surface area (Å²) in [5, 5.41) is 2.73. The quantitative estimate of drug-likeness (QED) is 0.730. The maximum atomic E-state index is 13.1. The molecule has 0 radical (unpaired) electrons. The van der Waals surface area contributed by atoms with E-state index in [-0.39, 0.29) is 15.3 Å². The van der Waals surface area contributed by atoms with E-state index >= 15 is 0 Å². The smallest absolute Gasteiger partial charge is 0.242 e. The number of sulfonamides is 1. The Morgan fingerprint density at radius 1 is 1.20 bits per heavy atom. The van der Waals surface area contributed by atoms with Gasteiger partial charge in [-0.15, -0.1) is 0 Å². The van der Waals surface area contributed by atoms with Crippen LogP contribution in [0, 0.1) is 5.82 Å². The molecule has 0 fully saturated rings. The molecule has 0 saturated carbocycles. The summed E-state index contributed by atoms with van der Waals surface area (Å²) in [6.07, 6.45) is 0.379. The summed E-state index contributed by atoms with van der Waals surface area (Å²) < 4.78 is 40.8. The first-order valence-electron chi connectivity index (χ1n) is 7.60. The lowest BCUT2D eigenvalue weighted by atomic mass is 10.1. The number of carbonyl (C=O) groups excluding carboxylic acids is 1. The highest BCUT2D eigenvalue weighted by Gasteiger charge is 2.21. The Morgan fingerprint density at radius 2 is 1.84 bits per heavy atom. The normalized spacial score (nSPS) is 12.6. The monoisotopic (exact) mass is 428 g/mol. The van der Waals surface area contributed by atoms with Crippen LogP contribution >= 0.6 is 15.9 Å². The molecule has 0 aliphatic heterocycles. The fourth-order valence-electron chi connectivity index (χ4n) is 2.16. The third kappa shape index (κ3) is 5.10. The summed E-state index contributed by atoms with van der Waals surface area (Å²) in [5.74, 6) is -0.619. The van der Waals surface area contributed by atoms with E-state index in [4.69, 9.17) is 0 Å². The average molecular weight is 429 g/mol. The van der Waals surface area contributed by atoms with Gasteiger partial charge in [0.2, 0.25) is 15.9 Å². The molecular weight excluding hydrogens is 411 g/mol. The van der Waals surface area contributed by atoms with Crippen LogP contribution in [0.5, 0.6) is 0 Å². The van der Waals surface area contributed by atoms with Crippen LogP contribution in [0.2, 0.25) is 0 Å². The molecule has 1 amide bonds. The molecule has 2 rings (SSSR count). The summed E-state index contributed by atoms with van der Waals surface area (Å²) in [6, 6.07) is 9.79. The molecule has 2 aromatic rings. The molecule has 134 valence electrons. The minimum absolute atomic E-state index is 0.0346. The summed E-state index contributed by atoms with van der Waals surface area (Å²) in [7, 11) is -3.82. The van der Waals surface area contributed by atoms with Crippen molar-refractivity contribution in [2.24, 2.45) is 0 Å². The van der Waals surface area contributed by atoms with Crippen LogP contribution in [0.1, 0.15) is 31.9 Å².